The molecule has 2 heterocycles. The number of nitrogen functional groups attached to an aromatic ring is 1. The summed E-state index contributed by atoms with van der Waals surface area (Å²) in [5.41, 5.74) is 5.05. The lowest BCUT2D eigenvalue weighted by atomic mass is 10.0. The van der Waals surface area contributed by atoms with E-state index in [1.54, 1.807) is 0 Å². The summed E-state index contributed by atoms with van der Waals surface area (Å²) in [6.45, 7) is -0.0181. The molecular formula is C16H15F3N4O2. The number of aromatic nitrogens is 2. The maximum absolute atomic E-state index is 12.9. The van der Waals surface area contributed by atoms with Crippen molar-refractivity contribution in [3.05, 3.63) is 53.5 Å². The highest BCUT2D eigenvalue weighted by molar-refractivity contribution is 5.96. The van der Waals surface area contributed by atoms with Gasteiger partial charge in [0.05, 0.1) is 17.7 Å². The van der Waals surface area contributed by atoms with Crippen molar-refractivity contribution in [2.45, 2.75) is 24.7 Å². The number of alkyl halides is 3. The number of aliphatic hydroxyl groups excluding tert-OH is 1. The zero-order valence-corrected chi connectivity index (χ0v) is 12.9. The summed E-state index contributed by atoms with van der Waals surface area (Å²) in [6, 6.07) is 4.02. The fraction of sp³-hybridized carbons (Fsp3) is 0.312. The van der Waals surface area contributed by atoms with E-state index >= 15 is 0 Å². The second kappa shape index (κ2) is 6.32. The Labute approximate surface area is 141 Å². The summed E-state index contributed by atoms with van der Waals surface area (Å²) in [6.07, 6.45) is -2.57. The fourth-order valence-electron chi connectivity index (χ4n) is 2.93. The molecule has 2 atom stereocenters. The van der Waals surface area contributed by atoms with Crippen molar-refractivity contribution in [1.82, 2.24) is 14.9 Å². The van der Waals surface area contributed by atoms with E-state index in [1.165, 1.54) is 29.4 Å². The van der Waals surface area contributed by atoms with Crippen molar-refractivity contribution in [3.8, 4) is 0 Å². The van der Waals surface area contributed by atoms with Crippen LogP contribution in [0.15, 0.2) is 36.7 Å². The first-order valence-electron chi connectivity index (χ1n) is 7.50. The Morgan fingerprint density at radius 3 is 2.68 bits per heavy atom. The first-order chi connectivity index (χ1) is 11.8. The third-order valence-electron chi connectivity index (χ3n) is 4.07. The van der Waals surface area contributed by atoms with Gasteiger partial charge in [0.15, 0.2) is 11.5 Å². The number of rotatable bonds is 2. The number of carbonyl (C=O) groups is 1. The molecule has 3 rings (SSSR count). The lowest BCUT2D eigenvalue weighted by molar-refractivity contribution is -0.137. The van der Waals surface area contributed by atoms with Crippen LogP contribution in [0.25, 0.3) is 0 Å². The molecule has 1 amide bonds. The first kappa shape index (κ1) is 17.2. The van der Waals surface area contributed by atoms with E-state index in [0.29, 0.717) is 5.56 Å². The molecule has 0 radical (unpaired) electrons. The highest BCUT2D eigenvalue weighted by Crippen LogP contribution is 2.36. The van der Waals surface area contributed by atoms with E-state index in [9.17, 15) is 23.1 Å². The summed E-state index contributed by atoms with van der Waals surface area (Å²) in [7, 11) is 0. The van der Waals surface area contributed by atoms with Gasteiger partial charge in [-0.2, -0.15) is 13.2 Å². The van der Waals surface area contributed by atoms with E-state index in [1.807, 2.05) is 0 Å². The number of likely N-dealkylation sites (tertiary alicyclic amines) is 1. The molecule has 9 heteroatoms. The topological polar surface area (TPSA) is 92.3 Å². The minimum Gasteiger partial charge on any atom is -0.391 e. The predicted octanol–water partition coefficient (Wildman–Crippen LogP) is 2.03. The largest absolute Gasteiger partial charge is 0.416 e. The van der Waals surface area contributed by atoms with Crippen LogP contribution in [-0.2, 0) is 6.18 Å². The zero-order valence-electron chi connectivity index (χ0n) is 12.9. The van der Waals surface area contributed by atoms with Gasteiger partial charge in [-0.1, -0.05) is 12.1 Å². The van der Waals surface area contributed by atoms with Crippen LogP contribution >= 0.6 is 0 Å². The lowest BCUT2D eigenvalue weighted by Gasteiger charge is -2.25. The molecular weight excluding hydrogens is 337 g/mol. The second-order valence-corrected chi connectivity index (χ2v) is 5.78. The Bertz CT molecular complexity index is 797. The molecule has 1 fully saturated rings. The van der Waals surface area contributed by atoms with Crippen LogP contribution in [0.5, 0.6) is 0 Å². The van der Waals surface area contributed by atoms with Crippen molar-refractivity contribution in [2.75, 3.05) is 12.3 Å². The average Bonchev–Trinajstić information content (AvgIpc) is 2.96. The molecule has 1 aromatic carbocycles. The number of hydrogen-bond donors (Lipinski definition) is 2. The minimum absolute atomic E-state index is 0.0181. The molecule has 3 N–H and O–H groups in total. The quantitative estimate of drug-likeness (QED) is 0.863. The van der Waals surface area contributed by atoms with E-state index < -0.39 is 29.8 Å². The van der Waals surface area contributed by atoms with Gasteiger partial charge in [-0.15, -0.1) is 0 Å². The normalized spacial score (nSPS) is 20.7. The van der Waals surface area contributed by atoms with E-state index in [2.05, 4.69) is 9.97 Å². The number of nitrogens with two attached hydrogens (primary N) is 1. The Balaban J connectivity index is 1.95. The van der Waals surface area contributed by atoms with Gasteiger partial charge in [-0.05, 0) is 24.1 Å². The van der Waals surface area contributed by atoms with Crippen LogP contribution in [0, 0.1) is 0 Å². The summed E-state index contributed by atoms with van der Waals surface area (Å²) in [5.74, 6) is -0.652. The van der Waals surface area contributed by atoms with Crippen LogP contribution < -0.4 is 5.73 Å². The van der Waals surface area contributed by atoms with Crippen molar-refractivity contribution in [2.24, 2.45) is 0 Å². The van der Waals surface area contributed by atoms with Gasteiger partial charge in [0.1, 0.15) is 0 Å². The summed E-state index contributed by atoms with van der Waals surface area (Å²) >= 11 is 0. The van der Waals surface area contributed by atoms with Crippen LogP contribution in [0.2, 0.25) is 0 Å². The Morgan fingerprint density at radius 1 is 1.28 bits per heavy atom. The van der Waals surface area contributed by atoms with Gasteiger partial charge in [-0.25, -0.2) is 9.97 Å². The molecule has 2 aromatic rings. The van der Waals surface area contributed by atoms with Crippen LogP contribution in [0.1, 0.15) is 34.1 Å². The smallest absolute Gasteiger partial charge is 0.391 e. The lowest BCUT2D eigenvalue weighted by Crippen LogP contribution is -2.33. The van der Waals surface area contributed by atoms with Crippen LogP contribution in [-0.4, -0.2) is 38.5 Å². The SMILES string of the molecule is Nc1nccnc1C(=O)N1C[C@@H](O)C[C@H]1c1cccc(C(F)(F)F)c1. The number of amides is 1. The molecule has 25 heavy (non-hydrogen) atoms. The number of halogens is 3. The molecule has 0 bridgehead atoms. The summed E-state index contributed by atoms with van der Waals surface area (Å²) in [4.78, 5) is 21.7. The van der Waals surface area contributed by atoms with Crippen LogP contribution in [0.3, 0.4) is 0 Å². The minimum atomic E-state index is -4.49. The van der Waals surface area contributed by atoms with Gasteiger partial charge in [0, 0.05) is 18.9 Å². The summed E-state index contributed by atoms with van der Waals surface area (Å²) < 4.78 is 38.8. The van der Waals surface area contributed by atoms with E-state index in [-0.39, 0.29) is 24.5 Å². The highest BCUT2D eigenvalue weighted by atomic mass is 19.4. The standard InChI is InChI=1S/C16H15F3N4O2/c17-16(18,19)10-3-1-2-9(6-10)12-7-11(24)8-23(12)15(25)13-14(20)22-5-4-21-13/h1-6,11-12,24H,7-8H2,(H2,20,22)/t11-,12-/m0/s1. The number of aliphatic hydroxyl groups is 1. The number of nitrogens with zero attached hydrogens (tertiary/aromatic N) is 3. The maximum Gasteiger partial charge on any atom is 0.416 e. The Kier molecular flexibility index (Phi) is 4.34. The molecule has 1 aliphatic rings. The second-order valence-electron chi connectivity index (χ2n) is 5.78. The molecule has 6 nitrogen and oxygen atoms in total. The number of benzene rings is 1. The number of β-amino-alcohol motifs (C(OH)–C–C–N with tert-alkyl or cyclic N) is 1. The van der Waals surface area contributed by atoms with Crippen molar-refractivity contribution in [1.29, 1.82) is 0 Å². The fourth-order valence-corrected chi connectivity index (χ4v) is 2.93. The molecule has 1 saturated heterocycles. The Hall–Kier alpha value is -2.68. The molecule has 1 aromatic heterocycles. The predicted molar refractivity (Wildman–Crippen MR) is 82.3 cm³/mol. The maximum atomic E-state index is 12.9. The van der Waals surface area contributed by atoms with E-state index in [0.717, 1.165) is 12.1 Å². The number of hydrogen-bond acceptors (Lipinski definition) is 5. The number of anilines is 1. The molecule has 0 saturated carbocycles. The molecule has 0 unspecified atom stereocenters. The third kappa shape index (κ3) is 3.41. The average molecular weight is 352 g/mol. The highest BCUT2D eigenvalue weighted by Gasteiger charge is 2.38. The van der Waals surface area contributed by atoms with Crippen molar-refractivity contribution >= 4 is 11.7 Å². The summed E-state index contributed by atoms with van der Waals surface area (Å²) in [5, 5.41) is 9.94. The molecule has 1 aliphatic heterocycles. The van der Waals surface area contributed by atoms with Crippen LogP contribution in [0.4, 0.5) is 19.0 Å². The molecule has 0 spiro atoms. The van der Waals surface area contributed by atoms with Crippen molar-refractivity contribution < 1.29 is 23.1 Å². The van der Waals surface area contributed by atoms with Gasteiger partial charge in [0.2, 0.25) is 0 Å². The molecule has 132 valence electrons. The third-order valence-corrected chi connectivity index (χ3v) is 4.07. The first-order valence-corrected chi connectivity index (χ1v) is 7.50. The molecule has 0 aliphatic carbocycles. The number of carbonyl (C=O) groups excluding carboxylic acids is 1. The van der Waals surface area contributed by atoms with E-state index in [4.69, 9.17) is 5.73 Å². The monoisotopic (exact) mass is 352 g/mol. The Morgan fingerprint density at radius 2 is 2.00 bits per heavy atom. The van der Waals surface area contributed by atoms with Gasteiger partial charge in [0.25, 0.3) is 5.91 Å². The zero-order chi connectivity index (χ0) is 18.2. The van der Waals surface area contributed by atoms with Gasteiger partial charge in [-0.3, -0.25) is 4.79 Å². The van der Waals surface area contributed by atoms with Gasteiger partial charge >= 0.3 is 6.18 Å². The van der Waals surface area contributed by atoms with Gasteiger partial charge < -0.3 is 15.7 Å². The van der Waals surface area contributed by atoms with Crippen molar-refractivity contribution in [3.63, 3.8) is 0 Å².